The molecule has 1 aromatic heterocycles. The number of aromatic nitrogens is 1. The summed E-state index contributed by atoms with van der Waals surface area (Å²) in [4.78, 5) is 36.5. The zero-order valence-corrected chi connectivity index (χ0v) is 21.5. The number of nitrogens with zero attached hydrogens (tertiary/aromatic N) is 4. The molecule has 7 heteroatoms. The van der Waals surface area contributed by atoms with Crippen molar-refractivity contribution in [1.29, 1.82) is 0 Å². The number of rotatable bonds is 8. The molecular weight excluding hydrogens is 455 g/mol. The Labute approximate surface area is 213 Å². The van der Waals surface area contributed by atoms with Gasteiger partial charge in [0.15, 0.2) is 5.78 Å². The first kappa shape index (κ1) is 24.9. The Morgan fingerprint density at radius 1 is 1.11 bits per heavy atom. The molecule has 3 aliphatic rings. The molecule has 0 bridgehead atoms. The van der Waals surface area contributed by atoms with E-state index >= 15 is 0 Å². The number of hydrogen-bond acceptors (Lipinski definition) is 4. The van der Waals surface area contributed by atoms with E-state index in [1.165, 1.54) is 37.1 Å². The second kappa shape index (κ2) is 9.92. The van der Waals surface area contributed by atoms with E-state index in [1.54, 1.807) is 4.90 Å². The first-order chi connectivity index (χ1) is 17.3. The highest BCUT2D eigenvalue weighted by molar-refractivity contribution is 5.88. The molecule has 0 unspecified atom stereocenters. The normalized spacial score (nSPS) is 26.6. The molecule has 0 N–H and O–H groups in total. The molecule has 1 saturated heterocycles. The summed E-state index contributed by atoms with van der Waals surface area (Å²) >= 11 is 0. The van der Waals surface area contributed by atoms with Crippen molar-refractivity contribution in [2.75, 3.05) is 33.7 Å². The predicted octanol–water partition coefficient (Wildman–Crippen LogP) is 4.64. The smallest absolute Gasteiger partial charge is 0.317 e. The first-order valence-corrected chi connectivity index (χ1v) is 13.2. The number of benzene rings is 1. The van der Waals surface area contributed by atoms with Crippen LogP contribution in [-0.2, 0) is 16.8 Å². The van der Waals surface area contributed by atoms with Gasteiger partial charge in [-0.3, -0.25) is 14.7 Å². The molecule has 1 spiro atoms. The summed E-state index contributed by atoms with van der Waals surface area (Å²) in [6.45, 7) is 1.38. The van der Waals surface area contributed by atoms with Crippen LogP contribution < -0.4 is 0 Å². The van der Waals surface area contributed by atoms with E-state index in [2.05, 4.69) is 59.2 Å². The van der Waals surface area contributed by atoms with Crippen LogP contribution in [0.4, 0.5) is 9.18 Å². The molecule has 2 aromatic rings. The number of carbonyl (C=O) groups excluding carboxylic acids is 2. The van der Waals surface area contributed by atoms with Crippen LogP contribution in [0.2, 0.25) is 0 Å². The van der Waals surface area contributed by atoms with Crippen molar-refractivity contribution in [3.05, 3.63) is 65.7 Å². The van der Waals surface area contributed by atoms with Gasteiger partial charge in [0, 0.05) is 31.2 Å². The lowest BCUT2D eigenvalue weighted by atomic mass is 9.68. The van der Waals surface area contributed by atoms with Gasteiger partial charge < -0.3 is 9.80 Å². The Morgan fingerprint density at radius 3 is 2.44 bits per heavy atom. The third-order valence-corrected chi connectivity index (χ3v) is 9.01. The highest BCUT2D eigenvalue weighted by atomic mass is 19.1. The average Bonchev–Trinajstić information content (AvgIpc) is 3.08. The SMILES string of the molecule is CN(C)C1(c2ccccc2)CCC2(CC1)CN(CC(=O)Cc1ccncc1F)C(=O)N2CC1CCC1. The Morgan fingerprint density at radius 2 is 1.83 bits per heavy atom. The zero-order valence-electron chi connectivity index (χ0n) is 21.5. The number of halogens is 1. The zero-order chi connectivity index (χ0) is 25.3. The van der Waals surface area contributed by atoms with Gasteiger partial charge in [0.25, 0.3) is 0 Å². The number of ketones is 1. The fourth-order valence-electron chi connectivity index (χ4n) is 6.54. The third-order valence-electron chi connectivity index (χ3n) is 9.01. The van der Waals surface area contributed by atoms with Crippen LogP contribution in [0.3, 0.4) is 0 Å². The number of hydrogen-bond donors (Lipinski definition) is 0. The van der Waals surface area contributed by atoms with Crippen molar-refractivity contribution in [2.24, 2.45) is 5.92 Å². The second-order valence-corrected chi connectivity index (χ2v) is 11.2. The molecule has 3 fully saturated rings. The van der Waals surface area contributed by atoms with Crippen LogP contribution in [0, 0.1) is 11.7 Å². The quantitative estimate of drug-likeness (QED) is 0.539. The highest BCUT2D eigenvalue weighted by Crippen LogP contribution is 2.49. The van der Waals surface area contributed by atoms with Crippen LogP contribution in [0.15, 0.2) is 48.8 Å². The minimum absolute atomic E-state index is 0.0223. The molecule has 0 atom stereocenters. The molecule has 2 heterocycles. The molecule has 36 heavy (non-hydrogen) atoms. The summed E-state index contributed by atoms with van der Waals surface area (Å²) in [6.07, 6.45) is 9.91. The number of urea groups is 1. The maximum atomic E-state index is 14.0. The van der Waals surface area contributed by atoms with Gasteiger partial charge in [-0.25, -0.2) is 9.18 Å². The maximum absolute atomic E-state index is 14.0. The Bertz CT molecular complexity index is 1090. The fourth-order valence-corrected chi connectivity index (χ4v) is 6.54. The Kier molecular flexibility index (Phi) is 6.86. The van der Waals surface area contributed by atoms with Crippen molar-refractivity contribution in [3.63, 3.8) is 0 Å². The van der Waals surface area contributed by atoms with Crippen LogP contribution in [-0.4, -0.2) is 70.8 Å². The fraction of sp³-hybridized carbons (Fsp3) is 0.552. The minimum atomic E-state index is -0.477. The molecule has 0 radical (unpaired) electrons. The Hall–Kier alpha value is -2.80. The van der Waals surface area contributed by atoms with Gasteiger partial charge in [-0.1, -0.05) is 36.8 Å². The van der Waals surface area contributed by atoms with Crippen LogP contribution in [0.5, 0.6) is 0 Å². The standard InChI is InChI=1S/C29H37FN4O2/c1-32(2)29(24-9-4-3-5-10-24)14-12-28(13-15-29)21-33(27(36)34(28)19-22-7-6-8-22)20-25(35)17-23-11-16-31-18-26(23)30/h3-5,9-11,16,18,22H,6-8,12-15,17,19-21H2,1-2H3. The summed E-state index contributed by atoms with van der Waals surface area (Å²) < 4.78 is 14.0. The molecule has 1 aromatic carbocycles. The van der Waals surface area contributed by atoms with E-state index in [-0.39, 0.29) is 35.9 Å². The van der Waals surface area contributed by atoms with Gasteiger partial charge in [0.1, 0.15) is 5.82 Å². The lowest BCUT2D eigenvalue weighted by Crippen LogP contribution is -2.56. The van der Waals surface area contributed by atoms with Crippen LogP contribution in [0.25, 0.3) is 0 Å². The monoisotopic (exact) mass is 492 g/mol. The van der Waals surface area contributed by atoms with Gasteiger partial charge in [0.2, 0.25) is 0 Å². The lowest BCUT2D eigenvalue weighted by Gasteiger charge is -2.51. The molecule has 5 rings (SSSR count). The summed E-state index contributed by atoms with van der Waals surface area (Å²) in [6, 6.07) is 12.2. The molecular formula is C29H37FN4O2. The van der Waals surface area contributed by atoms with Gasteiger partial charge in [-0.05, 0) is 75.7 Å². The second-order valence-electron chi connectivity index (χ2n) is 11.2. The number of Topliss-reactive ketones (excluding diaryl/α,β-unsaturated/α-hetero) is 1. The van der Waals surface area contributed by atoms with Gasteiger partial charge in [-0.2, -0.15) is 0 Å². The van der Waals surface area contributed by atoms with Crippen LogP contribution >= 0.6 is 0 Å². The largest absolute Gasteiger partial charge is 0.321 e. The average molecular weight is 493 g/mol. The summed E-state index contributed by atoms with van der Waals surface area (Å²) in [7, 11) is 4.31. The van der Waals surface area contributed by atoms with Crippen molar-refractivity contribution in [3.8, 4) is 0 Å². The summed E-state index contributed by atoms with van der Waals surface area (Å²) in [5.74, 6) is -0.0613. The topological polar surface area (TPSA) is 56.8 Å². The predicted molar refractivity (Wildman–Crippen MR) is 137 cm³/mol. The number of pyridine rings is 1. The lowest BCUT2D eigenvalue weighted by molar-refractivity contribution is -0.119. The molecule has 6 nitrogen and oxygen atoms in total. The van der Waals surface area contributed by atoms with E-state index in [1.807, 2.05) is 0 Å². The minimum Gasteiger partial charge on any atom is -0.317 e. The Balaban J connectivity index is 1.35. The third kappa shape index (κ3) is 4.54. The van der Waals surface area contributed by atoms with Crippen LogP contribution in [0.1, 0.15) is 56.1 Å². The maximum Gasteiger partial charge on any atom is 0.321 e. The van der Waals surface area contributed by atoms with Crippen molar-refractivity contribution in [1.82, 2.24) is 19.7 Å². The van der Waals surface area contributed by atoms with Gasteiger partial charge in [0.05, 0.1) is 18.3 Å². The van der Waals surface area contributed by atoms with Crippen molar-refractivity contribution in [2.45, 2.75) is 62.4 Å². The van der Waals surface area contributed by atoms with E-state index < -0.39 is 5.82 Å². The molecule has 192 valence electrons. The van der Waals surface area contributed by atoms with Crippen molar-refractivity contribution < 1.29 is 14.0 Å². The number of amides is 2. The first-order valence-electron chi connectivity index (χ1n) is 13.2. The molecule has 1 aliphatic heterocycles. The van der Waals surface area contributed by atoms with Gasteiger partial charge in [-0.15, -0.1) is 0 Å². The molecule has 2 saturated carbocycles. The summed E-state index contributed by atoms with van der Waals surface area (Å²) in [5.41, 5.74) is 1.35. The summed E-state index contributed by atoms with van der Waals surface area (Å²) in [5, 5.41) is 0. The van der Waals surface area contributed by atoms with Gasteiger partial charge >= 0.3 is 6.03 Å². The van der Waals surface area contributed by atoms with Crippen molar-refractivity contribution >= 4 is 11.8 Å². The molecule has 2 aliphatic carbocycles. The van der Waals surface area contributed by atoms with E-state index in [0.717, 1.165) is 38.4 Å². The van der Waals surface area contributed by atoms with E-state index in [4.69, 9.17) is 0 Å². The molecule has 2 amide bonds. The van der Waals surface area contributed by atoms with E-state index in [9.17, 15) is 14.0 Å². The number of carbonyl (C=O) groups is 2. The van der Waals surface area contributed by atoms with E-state index in [0.29, 0.717) is 18.0 Å². The highest BCUT2D eigenvalue weighted by Gasteiger charge is 2.55.